The summed E-state index contributed by atoms with van der Waals surface area (Å²) in [6.07, 6.45) is 8.49. The molecule has 2 heterocycles. The highest BCUT2D eigenvalue weighted by molar-refractivity contribution is 5.78. The van der Waals surface area contributed by atoms with Crippen LogP contribution in [0.25, 0.3) is 0 Å². The van der Waals surface area contributed by atoms with Crippen LogP contribution in [0.4, 0.5) is 10.3 Å². The first-order chi connectivity index (χ1) is 17.1. The van der Waals surface area contributed by atoms with Crippen molar-refractivity contribution in [3.63, 3.8) is 0 Å². The van der Waals surface area contributed by atoms with Gasteiger partial charge in [0.05, 0.1) is 13.0 Å². The zero-order valence-corrected chi connectivity index (χ0v) is 22.5. The summed E-state index contributed by atoms with van der Waals surface area (Å²) in [6.45, 7) is 11.5. The van der Waals surface area contributed by atoms with E-state index in [0.717, 1.165) is 42.9 Å². The summed E-state index contributed by atoms with van der Waals surface area (Å²) in [6, 6.07) is 4.88. The van der Waals surface area contributed by atoms with Gasteiger partial charge in [0.1, 0.15) is 11.6 Å². The molecule has 1 aliphatic heterocycles. The number of halogens is 1. The number of hydrogen-bond acceptors (Lipinski definition) is 5. The first kappa shape index (κ1) is 26.4. The fourth-order valence-electron chi connectivity index (χ4n) is 5.44. The minimum Gasteiger partial charge on any atom is -0.493 e. The minimum absolute atomic E-state index is 0.00887. The number of nitrogens with zero attached hydrogens (tertiary/aromatic N) is 4. The molecule has 2 aliphatic rings. The van der Waals surface area contributed by atoms with Crippen LogP contribution in [0.2, 0.25) is 0 Å². The van der Waals surface area contributed by atoms with Crippen molar-refractivity contribution in [2.45, 2.75) is 59.8 Å². The van der Waals surface area contributed by atoms with Crippen LogP contribution in [0.15, 0.2) is 30.6 Å². The van der Waals surface area contributed by atoms with Crippen LogP contribution >= 0.6 is 0 Å². The van der Waals surface area contributed by atoms with Crippen LogP contribution in [0.5, 0.6) is 5.75 Å². The van der Waals surface area contributed by atoms with Gasteiger partial charge in [0.25, 0.3) is 0 Å². The molecule has 1 aromatic carbocycles. The van der Waals surface area contributed by atoms with E-state index in [0.29, 0.717) is 30.4 Å². The molecular weight excluding hydrogens is 455 g/mol. The number of aryl methyl sites for hydroxylation is 1. The molecule has 1 aliphatic carbocycles. The molecule has 0 bridgehead atoms. The molecule has 36 heavy (non-hydrogen) atoms. The fourth-order valence-corrected chi connectivity index (χ4v) is 5.44. The Morgan fingerprint density at radius 2 is 1.89 bits per heavy atom. The van der Waals surface area contributed by atoms with Crippen molar-refractivity contribution in [1.29, 1.82) is 0 Å². The van der Waals surface area contributed by atoms with Crippen molar-refractivity contribution in [1.82, 2.24) is 14.9 Å². The first-order valence-corrected chi connectivity index (χ1v) is 13.3. The third kappa shape index (κ3) is 7.17. The maximum atomic E-state index is 14.6. The monoisotopic (exact) mass is 496 g/mol. The quantitative estimate of drug-likeness (QED) is 0.472. The summed E-state index contributed by atoms with van der Waals surface area (Å²) in [4.78, 5) is 25.4. The van der Waals surface area contributed by atoms with Crippen LogP contribution in [0.3, 0.4) is 0 Å². The molecule has 0 spiro atoms. The van der Waals surface area contributed by atoms with E-state index in [1.807, 2.05) is 19.3 Å². The number of rotatable bonds is 9. The van der Waals surface area contributed by atoms with Crippen molar-refractivity contribution in [3.05, 3.63) is 47.5 Å². The van der Waals surface area contributed by atoms with E-state index in [2.05, 4.69) is 35.6 Å². The van der Waals surface area contributed by atoms with Crippen molar-refractivity contribution in [3.8, 4) is 5.75 Å². The molecule has 0 unspecified atom stereocenters. The Bertz CT molecular complexity index is 1030. The number of amides is 1. The summed E-state index contributed by atoms with van der Waals surface area (Å²) in [5, 5.41) is 0. The molecule has 0 radical (unpaired) electrons. The Morgan fingerprint density at radius 1 is 1.19 bits per heavy atom. The standard InChI is InChI=1S/C29H41FN4O2/c1-20-17-31-28(32-18-20)34-11-8-21(9-12-34)25-14-22(25)10-13-36-24-7-6-23(26(30)16-24)15-27(35)33(5)19-29(2,3)4/h6-7,16-18,21-22,25H,8-15,19H2,1-5H3/t22-,25-/m1/s1. The average molecular weight is 497 g/mol. The zero-order chi connectivity index (χ0) is 25.9. The molecule has 2 fully saturated rings. The molecular formula is C29H41FN4O2. The Balaban J connectivity index is 1.17. The number of piperidine rings is 1. The summed E-state index contributed by atoms with van der Waals surface area (Å²) in [7, 11) is 1.77. The van der Waals surface area contributed by atoms with Gasteiger partial charge in [-0.15, -0.1) is 0 Å². The SMILES string of the molecule is Cc1cnc(N2CCC([C@H]3C[C@H]3CCOc3ccc(CC(=O)N(C)CC(C)(C)C)c(F)c3)CC2)nc1. The minimum atomic E-state index is -0.376. The van der Waals surface area contributed by atoms with Crippen LogP contribution in [-0.4, -0.2) is 54.1 Å². The van der Waals surface area contributed by atoms with Crippen LogP contribution in [0, 0.1) is 35.9 Å². The number of likely N-dealkylation sites (N-methyl/N-ethyl adjacent to an activating group) is 1. The van der Waals surface area contributed by atoms with Gasteiger partial charge in [-0.05, 0) is 73.0 Å². The van der Waals surface area contributed by atoms with E-state index < -0.39 is 0 Å². The predicted molar refractivity (Wildman–Crippen MR) is 141 cm³/mol. The zero-order valence-electron chi connectivity index (χ0n) is 22.5. The predicted octanol–water partition coefficient (Wildman–Crippen LogP) is 5.29. The Morgan fingerprint density at radius 3 is 2.53 bits per heavy atom. The summed E-state index contributed by atoms with van der Waals surface area (Å²) >= 11 is 0. The van der Waals surface area contributed by atoms with E-state index in [9.17, 15) is 9.18 Å². The molecule has 4 rings (SSSR count). The Hall–Kier alpha value is -2.70. The van der Waals surface area contributed by atoms with E-state index in [4.69, 9.17) is 4.74 Å². The fraction of sp³-hybridized carbons (Fsp3) is 0.621. The highest BCUT2D eigenvalue weighted by Crippen LogP contribution is 2.49. The first-order valence-electron chi connectivity index (χ1n) is 13.3. The molecule has 0 N–H and O–H groups in total. The van der Waals surface area contributed by atoms with Crippen molar-refractivity contribution in [2.24, 2.45) is 23.2 Å². The summed E-state index contributed by atoms with van der Waals surface area (Å²) in [5.74, 6) is 3.19. The van der Waals surface area contributed by atoms with Crippen LogP contribution < -0.4 is 9.64 Å². The second-order valence-electron chi connectivity index (χ2n) is 11.9. The third-order valence-electron chi connectivity index (χ3n) is 7.43. The number of hydrogen-bond donors (Lipinski definition) is 0. The number of benzene rings is 1. The van der Waals surface area contributed by atoms with E-state index in [-0.39, 0.29) is 23.6 Å². The lowest BCUT2D eigenvalue weighted by Gasteiger charge is -2.32. The maximum Gasteiger partial charge on any atom is 0.226 e. The largest absolute Gasteiger partial charge is 0.493 e. The van der Waals surface area contributed by atoms with Gasteiger partial charge in [-0.1, -0.05) is 26.8 Å². The second-order valence-corrected chi connectivity index (χ2v) is 11.9. The van der Waals surface area contributed by atoms with Gasteiger partial charge in [-0.2, -0.15) is 0 Å². The average Bonchev–Trinajstić information content (AvgIpc) is 3.60. The lowest BCUT2D eigenvalue weighted by atomic mass is 9.90. The lowest BCUT2D eigenvalue weighted by molar-refractivity contribution is -0.130. The maximum absolute atomic E-state index is 14.6. The van der Waals surface area contributed by atoms with Gasteiger partial charge in [0, 0.05) is 45.1 Å². The molecule has 7 heteroatoms. The van der Waals surface area contributed by atoms with Gasteiger partial charge < -0.3 is 14.5 Å². The van der Waals surface area contributed by atoms with Crippen LogP contribution in [0.1, 0.15) is 57.6 Å². The molecule has 2 atom stereocenters. The van der Waals surface area contributed by atoms with Gasteiger partial charge in [-0.25, -0.2) is 14.4 Å². The van der Waals surface area contributed by atoms with Gasteiger partial charge in [-0.3, -0.25) is 4.79 Å². The molecule has 6 nitrogen and oxygen atoms in total. The number of carbonyl (C=O) groups excluding carboxylic acids is 1. The number of ether oxygens (including phenoxy) is 1. The Labute approximate surface area is 215 Å². The number of aromatic nitrogens is 2. The van der Waals surface area contributed by atoms with Gasteiger partial charge in [0.15, 0.2) is 0 Å². The molecule has 1 amide bonds. The van der Waals surface area contributed by atoms with Crippen molar-refractivity contribution in [2.75, 3.05) is 38.2 Å². The smallest absolute Gasteiger partial charge is 0.226 e. The number of carbonyl (C=O) groups is 1. The van der Waals surface area contributed by atoms with E-state index in [1.165, 1.54) is 25.3 Å². The molecule has 1 saturated carbocycles. The van der Waals surface area contributed by atoms with Gasteiger partial charge in [0.2, 0.25) is 11.9 Å². The number of anilines is 1. The molecule has 1 aromatic heterocycles. The van der Waals surface area contributed by atoms with Crippen LogP contribution in [-0.2, 0) is 11.2 Å². The highest BCUT2D eigenvalue weighted by Gasteiger charge is 2.43. The van der Waals surface area contributed by atoms with E-state index in [1.54, 1.807) is 24.1 Å². The molecule has 196 valence electrons. The highest BCUT2D eigenvalue weighted by atomic mass is 19.1. The second kappa shape index (κ2) is 11.1. The van der Waals surface area contributed by atoms with E-state index >= 15 is 0 Å². The third-order valence-corrected chi connectivity index (χ3v) is 7.43. The molecule has 1 saturated heterocycles. The summed E-state index contributed by atoms with van der Waals surface area (Å²) < 4.78 is 20.5. The van der Waals surface area contributed by atoms with Gasteiger partial charge >= 0.3 is 0 Å². The van der Waals surface area contributed by atoms with Crippen molar-refractivity contribution >= 4 is 11.9 Å². The molecule has 2 aromatic rings. The summed E-state index contributed by atoms with van der Waals surface area (Å²) in [5.41, 5.74) is 1.51. The normalized spacial score (nSPS) is 20.3. The topological polar surface area (TPSA) is 58.6 Å². The lowest BCUT2D eigenvalue weighted by Crippen LogP contribution is -2.35. The van der Waals surface area contributed by atoms with Crippen molar-refractivity contribution < 1.29 is 13.9 Å². The Kier molecular flexibility index (Phi) is 8.16.